The van der Waals surface area contributed by atoms with Gasteiger partial charge in [-0.15, -0.1) is 0 Å². The smallest absolute Gasteiger partial charge is 0.125 e. The summed E-state index contributed by atoms with van der Waals surface area (Å²) in [6, 6.07) is 6.45. The molecule has 1 aromatic carbocycles. The van der Waals surface area contributed by atoms with Gasteiger partial charge in [-0.2, -0.15) is 11.8 Å². The monoisotopic (exact) mass is 253 g/mol. The van der Waals surface area contributed by atoms with E-state index in [4.69, 9.17) is 10.5 Å². The lowest BCUT2D eigenvalue weighted by atomic mass is 10.0. The average molecular weight is 253 g/mol. The molecule has 0 aliphatic carbocycles. The van der Waals surface area contributed by atoms with E-state index in [2.05, 4.69) is 31.4 Å². The second-order valence-electron chi connectivity index (χ2n) is 4.44. The molecule has 1 aromatic rings. The third kappa shape index (κ3) is 5.00. The second-order valence-corrected chi connectivity index (χ2v) is 5.42. The van der Waals surface area contributed by atoms with Gasteiger partial charge in [0.05, 0.1) is 6.61 Å². The van der Waals surface area contributed by atoms with Crippen molar-refractivity contribution in [1.82, 2.24) is 0 Å². The SMILES string of the molecule is CSCCCOc1c(C)cccc1CC(C)N. The van der Waals surface area contributed by atoms with Crippen LogP contribution < -0.4 is 10.5 Å². The molecule has 3 heteroatoms. The van der Waals surface area contributed by atoms with Gasteiger partial charge in [0.25, 0.3) is 0 Å². The van der Waals surface area contributed by atoms with E-state index in [0.29, 0.717) is 0 Å². The molecule has 0 saturated carbocycles. The highest BCUT2D eigenvalue weighted by Crippen LogP contribution is 2.24. The van der Waals surface area contributed by atoms with Crippen molar-refractivity contribution in [2.24, 2.45) is 5.73 Å². The van der Waals surface area contributed by atoms with E-state index in [1.54, 1.807) is 0 Å². The van der Waals surface area contributed by atoms with Crippen LogP contribution in [0.5, 0.6) is 5.75 Å². The minimum atomic E-state index is 0.172. The Morgan fingerprint density at radius 2 is 2.18 bits per heavy atom. The van der Waals surface area contributed by atoms with Crippen molar-refractivity contribution in [3.63, 3.8) is 0 Å². The molecule has 0 amide bonds. The minimum absolute atomic E-state index is 0.172. The fourth-order valence-electron chi connectivity index (χ4n) is 1.80. The molecule has 0 fully saturated rings. The molecular weight excluding hydrogens is 230 g/mol. The van der Waals surface area contributed by atoms with E-state index < -0.39 is 0 Å². The highest BCUT2D eigenvalue weighted by atomic mass is 32.2. The van der Waals surface area contributed by atoms with Crippen molar-refractivity contribution in [2.75, 3.05) is 18.6 Å². The van der Waals surface area contributed by atoms with Gasteiger partial charge in [0.1, 0.15) is 5.75 Å². The fraction of sp³-hybridized carbons (Fsp3) is 0.571. The lowest BCUT2D eigenvalue weighted by Crippen LogP contribution is -2.18. The first kappa shape index (κ1) is 14.4. The van der Waals surface area contributed by atoms with Gasteiger partial charge in [-0.1, -0.05) is 18.2 Å². The van der Waals surface area contributed by atoms with Gasteiger partial charge in [0.2, 0.25) is 0 Å². The molecule has 0 aromatic heterocycles. The molecule has 2 N–H and O–H groups in total. The van der Waals surface area contributed by atoms with Crippen LogP contribution in [-0.4, -0.2) is 24.7 Å². The van der Waals surface area contributed by atoms with E-state index in [1.807, 2.05) is 18.7 Å². The Morgan fingerprint density at radius 1 is 1.41 bits per heavy atom. The Labute approximate surface area is 109 Å². The second kappa shape index (κ2) is 7.62. The summed E-state index contributed by atoms with van der Waals surface area (Å²) in [6.07, 6.45) is 4.09. The molecule has 0 aliphatic heterocycles. The molecule has 1 unspecified atom stereocenters. The summed E-state index contributed by atoms with van der Waals surface area (Å²) in [5, 5.41) is 0. The van der Waals surface area contributed by atoms with Gasteiger partial charge in [-0.3, -0.25) is 0 Å². The van der Waals surface area contributed by atoms with Crippen molar-refractivity contribution in [2.45, 2.75) is 32.7 Å². The van der Waals surface area contributed by atoms with E-state index in [0.717, 1.165) is 31.0 Å². The summed E-state index contributed by atoms with van der Waals surface area (Å²) in [7, 11) is 0. The first-order valence-electron chi connectivity index (χ1n) is 6.11. The molecule has 0 radical (unpaired) electrons. The predicted octanol–water partition coefficient (Wildman–Crippen LogP) is 3.02. The van der Waals surface area contributed by atoms with Crippen molar-refractivity contribution in [3.05, 3.63) is 29.3 Å². The number of aryl methyl sites for hydroxylation is 1. The van der Waals surface area contributed by atoms with Crippen LogP contribution in [-0.2, 0) is 6.42 Å². The van der Waals surface area contributed by atoms with Crippen LogP contribution in [0.2, 0.25) is 0 Å². The normalized spacial score (nSPS) is 12.5. The molecule has 96 valence electrons. The van der Waals surface area contributed by atoms with E-state index in [-0.39, 0.29) is 6.04 Å². The summed E-state index contributed by atoms with van der Waals surface area (Å²) in [6.45, 7) is 4.91. The average Bonchev–Trinajstić information content (AvgIpc) is 2.26. The lowest BCUT2D eigenvalue weighted by Gasteiger charge is -2.15. The quantitative estimate of drug-likeness (QED) is 0.759. The summed E-state index contributed by atoms with van der Waals surface area (Å²) in [5.74, 6) is 2.18. The third-order valence-electron chi connectivity index (χ3n) is 2.57. The molecular formula is C14H23NOS. The minimum Gasteiger partial charge on any atom is -0.493 e. The van der Waals surface area contributed by atoms with Crippen LogP contribution in [0.25, 0.3) is 0 Å². The topological polar surface area (TPSA) is 35.2 Å². The Hall–Kier alpha value is -0.670. The van der Waals surface area contributed by atoms with Crippen LogP contribution in [0, 0.1) is 6.92 Å². The summed E-state index contributed by atoms with van der Waals surface area (Å²) in [5.41, 5.74) is 8.29. The maximum atomic E-state index is 5.90. The van der Waals surface area contributed by atoms with Gasteiger partial charge in [0.15, 0.2) is 0 Å². The Bertz CT molecular complexity index is 339. The van der Waals surface area contributed by atoms with Gasteiger partial charge >= 0.3 is 0 Å². The molecule has 0 spiro atoms. The number of ether oxygens (including phenoxy) is 1. The number of hydrogen-bond donors (Lipinski definition) is 1. The molecule has 0 saturated heterocycles. The van der Waals surface area contributed by atoms with Gasteiger partial charge in [-0.05, 0) is 49.8 Å². The lowest BCUT2D eigenvalue weighted by molar-refractivity contribution is 0.312. The summed E-state index contributed by atoms with van der Waals surface area (Å²) in [4.78, 5) is 0. The highest BCUT2D eigenvalue weighted by molar-refractivity contribution is 7.98. The van der Waals surface area contributed by atoms with Crippen molar-refractivity contribution >= 4 is 11.8 Å². The molecule has 17 heavy (non-hydrogen) atoms. The Balaban J connectivity index is 2.66. The molecule has 2 nitrogen and oxygen atoms in total. The zero-order chi connectivity index (χ0) is 12.7. The first-order chi connectivity index (χ1) is 8.15. The Morgan fingerprint density at radius 3 is 2.82 bits per heavy atom. The molecule has 1 rings (SSSR count). The van der Waals surface area contributed by atoms with E-state index >= 15 is 0 Å². The van der Waals surface area contributed by atoms with Crippen molar-refractivity contribution in [1.29, 1.82) is 0 Å². The predicted molar refractivity (Wildman–Crippen MR) is 77.0 cm³/mol. The maximum Gasteiger partial charge on any atom is 0.125 e. The molecule has 0 bridgehead atoms. The number of nitrogens with two attached hydrogens (primary N) is 1. The number of para-hydroxylation sites is 1. The number of hydrogen-bond acceptors (Lipinski definition) is 3. The molecule has 1 atom stereocenters. The van der Waals surface area contributed by atoms with Gasteiger partial charge in [0, 0.05) is 6.04 Å². The summed E-state index contributed by atoms with van der Waals surface area (Å²) >= 11 is 1.86. The zero-order valence-corrected chi connectivity index (χ0v) is 11.8. The largest absolute Gasteiger partial charge is 0.493 e. The van der Waals surface area contributed by atoms with E-state index in [9.17, 15) is 0 Å². The highest BCUT2D eigenvalue weighted by Gasteiger charge is 2.08. The fourth-order valence-corrected chi connectivity index (χ4v) is 2.21. The van der Waals surface area contributed by atoms with Crippen molar-refractivity contribution in [3.8, 4) is 5.75 Å². The van der Waals surface area contributed by atoms with Crippen LogP contribution in [0.1, 0.15) is 24.5 Å². The first-order valence-corrected chi connectivity index (χ1v) is 7.50. The van der Waals surface area contributed by atoms with Crippen LogP contribution in [0.3, 0.4) is 0 Å². The number of benzene rings is 1. The van der Waals surface area contributed by atoms with Gasteiger partial charge < -0.3 is 10.5 Å². The third-order valence-corrected chi connectivity index (χ3v) is 3.27. The molecule has 0 heterocycles. The van der Waals surface area contributed by atoms with Crippen molar-refractivity contribution < 1.29 is 4.74 Å². The summed E-state index contributed by atoms with van der Waals surface area (Å²) < 4.78 is 5.90. The zero-order valence-electron chi connectivity index (χ0n) is 11.0. The number of thioether (sulfide) groups is 1. The number of rotatable bonds is 7. The maximum absolute atomic E-state index is 5.90. The van der Waals surface area contributed by atoms with Crippen LogP contribution >= 0.6 is 11.8 Å². The standard InChI is InChI=1S/C14H23NOS/c1-11-6-4-7-13(10-12(2)15)14(11)16-8-5-9-17-3/h4,6-7,12H,5,8-10,15H2,1-3H3. The van der Waals surface area contributed by atoms with Gasteiger partial charge in [-0.25, -0.2) is 0 Å². The Kier molecular flexibility index (Phi) is 6.45. The van der Waals surface area contributed by atoms with E-state index in [1.165, 1.54) is 11.1 Å². The van der Waals surface area contributed by atoms with Crippen LogP contribution in [0.4, 0.5) is 0 Å². The molecule has 0 aliphatic rings. The van der Waals surface area contributed by atoms with Crippen LogP contribution in [0.15, 0.2) is 18.2 Å².